The number of hydrogen-bond donors (Lipinski definition) is 1. The third-order valence-corrected chi connectivity index (χ3v) is 3.44. The molecule has 0 atom stereocenters. The van der Waals surface area contributed by atoms with Crippen LogP contribution in [0.5, 0.6) is 0 Å². The predicted molar refractivity (Wildman–Crippen MR) is 79.4 cm³/mol. The normalized spacial score (nSPS) is 11.0. The molecule has 0 spiro atoms. The molecular weight excluding hydrogens is 308 g/mol. The van der Waals surface area contributed by atoms with Gasteiger partial charge in [0.25, 0.3) is 0 Å². The molecule has 0 aliphatic heterocycles. The lowest BCUT2D eigenvalue weighted by Gasteiger charge is -1.99. The minimum Gasteiger partial charge on any atom is -0.438 e. The van der Waals surface area contributed by atoms with Gasteiger partial charge in [0.15, 0.2) is 11.6 Å². The van der Waals surface area contributed by atoms with Crippen molar-refractivity contribution in [1.82, 2.24) is 14.7 Å². The Bertz CT molecular complexity index is 848. The van der Waals surface area contributed by atoms with Gasteiger partial charge in [0.1, 0.15) is 6.54 Å². The lowest BCUT2D eigenvalue weighted by molar-refractivity contribution is 0.371. The van der Waals surface area contributed by atoms with Crippen molar-refractivity contribution in [2.75, 3.05) is 0 Å². The highest BCUT2D eigenvalue weighted by Crippen LogP contribution is 2.26. The van der Waals surface area contributed by atoms with Crippen molar-refractivity contribution in [3.05, 3.63) is 57.2 Å². The highest BCUT2D eigenvalue weighted by Gasteiger charge is 2.16. The van der Waals surface area contributed by atoms with E-state index in [4.69, 9.17) is 21.8 Å². The van der Waals surface area contributed by atoms with E-state index in [1.165, 1.54) is 4.57 Å². The van der Waals surface area contributed by atoms with E-state index in [0.717, 1.165) is 11.3 Å². The highest BCUT2D eigenvalue weighted by molar-refractivity contribution is 6.30. The summed E-state index contributed by atoms with van der Waals surface area (Å²) >= 11 is 5.88. The standard InChI is InChI=1S/C14H13ClN4O3/c1-8-13(9-2-4-10(15)5-3-9)21-12(17-8)7-19-11(6-16)18-22-14(19)20/h2-5H,6-7,16H2,1H3. The van der Waals surface area contributed by atoms with Gasteiger partial charge >= 0.3 is 5.76 Å². The lowest BCUT2D eigenvalue weighted by Crippen LogP contribution is -2.19. The average Bonchev–Trinajstić information content (AvgIpc) is 3.04. The van der Waals surface area contributed by atoms with Crippen LogP contribution < -0.4 is 11.5 Å². The van der Waals surface area contributed by atoms with Gasteiger partial charge in [0, 0.05) is 10.6 Å². The van der Waals surface area contributed by atoms with Crippen LogP contribution in [0.2, 0.25) is 5.02 Å². The molecule has 0 saturated carbocycles. The number of halogens is 1. The Morgan fingerprint density at radius 2 is 2.05 bits per heavy atom. The second-order valence-corrected chi connectivity index (χ2v) is 5.12. The summed E-state index contributed by atoms with van der Waals surface area (Å²) < 4.78 is 11.6. The van der Waals surface area contributed by atoms with Crippen LogP contribution in [-0.2, 0) is 13.1 Å². The third kappa shape index (κ3) is 2.68. The summed E-state index contributed by atoms with van der Waals surface area (Å²) in [5.74, 6) is 0.756. The van der Waals surface area contributed by atoms with Crippen molar-refractivity contribution in [3.8, 4) is 11.3 Å². The molecule has 0 bridgehead atoms. The fraction of sp³-hybridized carbons (Fsp3) is 0.214. The first-order valence-corrected chi connectivity index (χ1v) is 6.94. The zero-order valence-electron chi connectivity index (χ0n) is 11.7. The SMILES string of the molecule is Cc1nc(Cn2c(CN)noc2=O)oc1-c1ccc(Cl)cc1. The molecular formula is C14H13ClN4O3. The topological polar surface area (TPSA) is 100 Å². The van der Waals surface area contributed by atoms with E-state index in [-0.39, 0.29) is 13.1 Å². The Morgan fingerprint density at radius 3 is 2.73 bits per heavy atom. The molecule has 114 valence electrons. The molecule has 1 aromatic carbocycles. The van der Waals surface area contributed by atoms with Crippen molar-refractivity contribution >= 4 is 11.6 Å². The van der Waals surface area contributed by atoms with Gasteiger partial charge in [-0.1, -0.05) is 16.8 Å². The first kappa shape index (κ1) is 14.6. The number of oxazole rings is 1. The quantitative estimate of drug-likeness (QED) is 0.788. The smallest absolute Gasteiger partial charge is 0.438 e. The third-order valence-electron chi connectivity index (χ3n) is 3.18. The number of nitrogens with zero attached hydrogens (tertiary/aromatic N) is 3. The molecule has 0 saturated heterocycles. The second kappa shape index (κ2) is 5.78. The van der Waals surface area contributed by atoms with E-state index in [9.17, 15) is 4.79 Å². The van der Waals surface area contributed by atoms with Crippen molar-refractivity contribution in [2.24, 2.45) is 5.73 Å². The van der Waals surface area contributed by atoms with Gasteiger partial charge in [-0.3, -0.25) is 4.52 Å². The maximum absolute atomic E-state index is 11.6. The van der Waals surface area contributed by atoms with E-state index in [1.807, 2.05) is 19.1 Å². The summed E-state index contributed by atoms with van der Waals surface area (Å²) in [6.45, 7) is 2.04. The Hall–Kier alpha value is -2.38. The van der Waals surface area contributed by atoms with Crippen LogP contribution in [0.15, 0.2) is 38.0 Å². The molecule has 0 unspecified atom stereocenters. The minimum atomic E-state index is -0.593. The van der Waals surface area contributed by atoms with E-state index < -0.39 is 5.76 Å². The molecule has 22 heavy (non-hydrogen) atoms. The Balaban J connectivity index is 1.94. The van der Waals surface area contributed by atoms with Crippen LogP contribution in [0.3, 0.4) is 0 Å². The molecule has 8 heteroatoms. The highest BCUT2D eigenvalue weighted by atomic mass is 35.5. The van der Waals surface area contributed by atoms with Crippen LogP contribution in [-0.4, -0.2) is 14.7 Å². The first-order valence-electron chi connectivity index (χ1n) is 6.56. The zero-order valence-corrected chi connectivity index (χ0v) is 12.5. The summed E-state index contributed by atoms with van der Waals surface area (Å²) in [5, 5.41) is 4.24. The predicted octanol–water partition coefficient (Wildman–Crippen LogP) is 1.96. The second-order valence-electron chi connectivity index (χ2n) is 4.68. The maximum atomic E-state index is 11.6. The van der Waals surface area contributed by atoms with Crippen LogP contribution in [0.4, 0.5) is 0 Å². The maximum Gasteiger partial charge on any atom is 0.442 e. The van der Waals surface area contributed by atoms with E-state index >= 15 is 0 Å². The van der Waals surface area contributed by atoms with Gasteiger partial charge in [-0.05, 0) is 31.2 Å². The largest absolute Gasteiger partial charge is 0.442 e. The van der Waals surface area contributed by atoms with Crippen molar-refractivity contribution in [3.63, 3.8) is 0 Å². The molecule has 2 N–H and O–H groups in total. The van der Waals surface area contributed by atoms with Gasteiger partial charge in [-0.25, -0.2) is 14.3 Å². The fourth-order valence-electron chi connectivity index (χ4n) is 2.12. The zero-order chi connectivity index (χ0) is 15.7. The lowest BCUT2D eigenvalue weighted by atomic mass is 10.1. The number of rotatable bonds is 4. The molecule has 0 radical (unpaired) electrons. The van der Waals surface area contributed by atoms with Crippen LogP contribution >= 0.6 is 11.6 Å². The number of aryl methyl sites for hydroxylation is 1. The number of aromatic nitrogens is 3. The van der Waals surface area contributed by atoms with Gasteiger partial charge in [-0.2, -0.15) is 0 Å². The van der Waals surface area contributed by atoms with Gasteiger partial charge in [0.2, 0.25) is 5.89 Å². The van der Waals surface area contributed by atoms with Crippen molar-refractivity contribution in [1.29, 1.82) is 0 Å². The monoisotopic (exact) mass is 320 g/mol. The molecule has 3 rings (SSSR count). The minimum absolute atomic E-state index is 0.0927. The summed E-state index contributed by atoms with van der Waals surface area (Å²) in [7, 11) is 0. The van der Waals surface area contributed by atoms with Gasteiger partial charge < -0.3 is 10.2 Å². The Kier molecular flexibility index (Phi) is 3.82. The van der Waals surface area contributed by atoms with Crippen molar-refractivity contribution < 1.29 is 8.94 Å². The van der Waals surface area contributed by atoms with E-state index in [1.54, 1.807) is 12.1 Å². The molecule has 2 aromatic heterocycles. The fourth-order valence-corrected chi connectivity index (χ4v) is 2.25. The van der Waals surface area contributed by atoms with Crippen molar-refractivity contribution in [2.45, 2.75) is 20.0 Å². The number of hydrogen-bond acceptors (Lipinski definition) is 6. The summed E-state index contributed by atoms with van der Waals surface area (Å²) in [5.41, 5.74) is 7.09. The Labute approximate surface area is 130 Å². The summed E-state index contributed by atoms with van der Waals surface area (Å²) in [4.78, 5) is 15.9. The molecule has 0 amide bonds. The molecule has 7 nitrogen and oxygen atoms in total. The van der Waals surface area contributed by atoms with Crippen LogP contribution in [0, 0.1) is 6.92 Å². The average molecular weight is 321 g/mol. The number of benzene rings is 1. The molecule has 2 heterocycles. The van der Waals surface area contributed by atoms with Crippen LogP contribution in [0.25, 0.3) is 11.3 Å². The number of nitrogens with two attached hydrogens (primary N) is 1. The summed E-state index contributed by atoms with van der Waals surface area (Å²) in [6, 6.07) is 7.23. The molecule has 0 aliphatic carbocycles. The first-order chi connectivity index (χ1) is 10.6. The van der Waals surface area contributed by atoms with Gasteiger partial charge in [0.05, 0.1) is 12.2 Å². The van der Waals surface area contributed by atoms with Gasteiger partial charge in [-0.15, -0.1) is 0 Å². The van der Waals surface area contributed by atoms with Crippen LogP contribution in [0.1, 0.15) is 17.4 Å². The Morgan fingerprint density at radius 1 is 1.32 bits per heavy atom. The molecule has 0 aliphatic rings. The molecule has 3 aromatic rings. The van der Waals surface area contributed by atoms with E-state index in [2.05, 4.69) is 14.7 Å². The van der Waals surface area contributed by atoms with E-state index in [0.29, 0.717) is 22.5 Å². The summed E-state index contributed by atoms with van der Waals surface area (Å²) in [6.07, 6.45) is 0. The molecule has 0 fully saturated rings.